The van der Waals surface area contributed by atoms with E-state index in [0.717, 1.165) is 12.8 Å². The zero-order valence-corrected chi connectivity index (χ0v) is 15.6. The van der Waals surface area contributed by atoms with Crippen molar-refractivity contribution in [1.29, 1.82) is 0 Å². The number of aliphatic carboxylic acids is 1. The first-order chi connectivity index (χ1) is 12.6. The lowest BCUT2D eigenvalue weighted by Crippen LogP contribution is -1.99. The number of carbonyl (C=O) groups is 1. The van der Waals surface area contributed by atoms with Gasteiger partial charge in [-0.05, 0) is 25.7 Å². The van der Waals surface area contributed by atoms with Gasteiger partial charge >= 0.3 is 5.97 Å². The van der Waals surface area contributed by atoms with Crippen LogP contribution in [0.4, 0.5) is 0 Å². The van der Waals surface area contributed by atoms with E-state index in [0.29, 0.717) is 19.3 Å². The maximum Gasteiger partial charge on any atom is 0.303 e. The van der Waals surface area contributed by atoms with Crippen molar-refractivity contribution >= 4 is 5.97 Å². The SMILES string of the molecule is CCC/C=C/C=C\C[C@H](O)/C=C/C=C/C=C/[C@@H](O)C/C=C\CCC(=O)O. The predicted octanol–water partition coefficient (Wildman–Crippen LogP) is 4.49. The van der Waals surface area contributed by atoms with E-state index in [2.05, 4.69) is 13.0 Å². The van der Waals surface area contributed by atoms with Gasteiger partial charge in [-0.3, -0.25) is 4.79 Å². The van der Waals surface area contributed by atoms with Crippen LogP contribution in [0.1, 0.15) is 45.4 Å². The second-order valence-corrected chi connectivity index (χ2v) is 5.81. The fourth-order valence-electron chi connectivity index (χ4n) is 1.87. The van der Waals surface area contributed by atoms with E-state index < -0.39 is 18.2 Å². The molecular weight excluding hydrogens is 328 g/mol. The quantitative estimate of drug-likeness (QED) is 0.315. The number of allylic oxidation sites excluding steroid dienone is 8. The van der Waals surface area contributed by atoms with E-state index >= 15 is 0 Å². The number of rotatable bonds is 14. The van der Waals surface area contributed by atoms with Crippen molar-refractivity contribution in [2.45, 2.75) is 57.7 Å². The van der Waals surface area contributed by atoms with Gasteiger partial charge in [0.2, 0.25) is 0 Å². The van der Waals surface area contributed by atoms with E-state index in [-0.39, 0.29) is 6.42 Å². The summed E-state index contributed by atoms with van der Waals surface area (Å²) in [6.45, 7) is 2.13. The molecule has 0 radical (unpaired) electrons. The Morgan fingerprint density at radius 2 is 1.35 bits per heavy atom. The van der Waals surface area contributed by atoms with Gasteiger partial charge in [0.05, 0.1) is 12.2 Å². The Morgan fingerprint density at radius 3 is 1.92 bits per heavy atom. The molecule has 144 valence electrons. The van der Waals surface area contributed by atoms with E-state index in [1.807, 2.05) is 18.2 Å². The molecule has 0 fully saturated rings. The van der Waals surface area contributed by atoms with Crippen molar-refractivity contribution in [1.82, 2.24) is 0 Å². The second kappa shape index (κ2) is 17.6. The molecule has 0 aromatic heterocycles. The van der Waals surface area contributed by atoms with Crippen LogP contribution in [-0.4, -0.2) is 33.5 Å². The minimum absolute atomic E-state index is 0.106. The molecule has 26 heavy (non-hydrogen) atoms. The minimum atomic E-state index is -0.821. The molecule has 4 nitrogen and oxygen atoms in total. The predicted molar refractivity (Wildman–Crippen MR) is 108 cm³/mol. The van der Waals surface area contributed by atoms with Crippen LogP contribution in [0.15, 0.2) is 72.9 Å². The summed E-state index contributed by atoms with van der Waals surface area (Å²) in [4.78, 5) is 10.3. The van der Waals surface area contributed by atoms with Gasteiger partial charge in [-0.15, -0.1) is 0 Å². The Bertz CT molecular complexity index is 524. The molecule has 0 unspecified atom stereocenters. The molecule has 0 saturated heterocycles. The lowest BCUT2D eigenvalue weighted by Gasteiger charge is -1.99. The van der Waals surface area contributed by atoms with Gasteiger partial charge in [0.25, 0.3) is 0 Å². The molecule has 0 rings (SSSR count). The molecule has 0 spiro atoms. The zero-order chi connectivity index (χ0) is 19.5. The van der Waals surface area contributed by atoms with E-state index in [1.165, 1.54) is 0 Å². The number of carboxylic acids is 1. The third-order valence-corrected chi connectivity index (χ3v) is 3.29. The largest absolute Gasteiger partial charge is 0.481 e. The summed E-state index contributed by atoms with van der Waals surface area (Å²) < 4.78 is 0. The van der Waals surface area contributed by atoms with Crippen LogP contribution in [0.5, 0.6) is 0 Å². The minimum Gasteiger partial charge on any atom is -0.481 e. The molecule has 0 amide bonds. The van der Waals surface area contributed by atoms with Crippen LogP contribution >= 0.6 is 0 Å². The van der Waals surface area contributed by atoms with Crippen molar-refractivity contribution in [2.24, 2.45) is 0 Å². The highest BCUT2D eigenvalue weighted by atomic mass is 16.4. The lowest BCUT2D eigenvalue weighted by molar-refractivity contribution is -0.136. The van der Waals surface area contributed by atoms with Gasteiger partial charge in [0.15, 0.2) is 0 Å². The Morgan fingerprint density at radius 1 is 0.769 bits per heavy atom. The van der Waals surface area contributed by atoms with Gasteiger partial charge in [0.1, 0.15) is 0 Å². The number of unbranched alkanes of at least 4 members (excludes halogenated alkanes) is 1. The maximum atomic E-state index is 10.3. The van der Waals surface area contributed by atoms with Crippen LogP contribution < -0.4 is 0 Å². The molecule has 4 heteroatoms. The van der Waals surface area contributed by atoms with Gasteiger partial charge in [-0.2, -0.15) is 0 Å². The normalized spacial score (nSPS) is 15.5. The summed E-state index contributed by atoms with van der Waals surface area (Å²) >= 11 is 0. The first-order valence-corrected chi connectivity index (χ1v) is 9.12. The van der Waals surface area contributed by atoms with Crippen LogP contribution in [-0.2, 0) is 4.79 Å². The first-order valence-electron chi connectivity index (χ1n) is 9.12. The van der Waals surface area contributed by atoms with Crippen molar-refractivity contribution in [2.75, 3.05) is 0 Å². The molecular formula is C22H32O4. The highest BCUT2D eigenvalue weighted by molar-refractivity contribution is 5.66. The Labute approximate surface area is 157 Å². The van der Waals surface area contributed by atoms with Crippen LogP contribution in [0, 0.1) is 0 Å². The highest BCUT2D eigenvalue weighted by Crippen LogP contribution is 2.00. The van der Waals surface area contributed by atoms with Crippen molar-refractivity contribution < 1.29 is 20.1 Å². The van der Waals surface area contributed by atoms with Gasteiger partial charge in [-0.25, -0.2) is 0 Å². The summed E-state index contributed by atoms with van der Waals surface area (Å²) in [5.74, 6) is -0.821. The molecule has 0 aromatic rings. The van der Waals surface area contributed by atoms with Gasteiger partial charge in [-0.1, -0.05) is 86.3 Å². The molecule has 0 aliphatic heterocycles. The van der Waals surface area contributed by atoms with Crippen molar-refractivity contribution in [3.63, 3.8) is 0 Å². The summed E-state index contributed by atoms with van der Waals surface area (Å²) in [6.07, 6.45) is 24.7. The standard InChI is InChI=1S/C22H32O4/c1-2-3-4-5-6-10-15-20(23)16-11-7-8-12-17-21(24)18-13-9-14-19-22(25)26/h4-13,16-17,20-21,23-24H,2-3,14-15,18-19H2,1H3,(H,25,26)/b5-4+,8-7+,10-6-,13-9-,16-11+,17-12+/t20-,21+/m0/s1. The third kappa shape index (κ3) is 18.2. The van der Waals surface area contributed by atoms with E-state index in [1.54, 1.807) is 48.6 Å². The van der Waals surface area contributed by atoms with Crippen molar-refractivity contribution in [3.05, 3.63) is 72.9 Å². The topological polar surface area (TPSA) is 77.8 Å². The molecule has 0 aliphatic rings. The van der Waals surface area contributed by atoms with Gasteiger partial charge < -0.3 is 15.3 Å². The summed E-state index contributed by atoms with van der Waals surface area (Å²) in [7, 11) is 0. The van der Waals surface area contributed by atoms with Gasteiger partial charge in [0, 0.05) is 6.42 Å². The maximum absolute atomic E-state index is 10.3. The lowest BCUT2D eigenvalue weighted by atomic mass is 10.2. The number of hydrogen-bond donors (Lipinski definition) is 3. The average Bonchev–Trinajstić information content (AvgIpc) is 2.60. The molecule has 0 saturated carbocycles. The monoisotopic (exact) mass is 360 g/mol. The molecule has 3 N–H and O–H groups in total. The fraction of sp³-hybridized carbons (Fsp3) is 0.409. The zero-order valence-electron chi connectivity index (χ0n) is 15.6. The van der Waals surface area contributed by atoms with Crippen LogP contribution in [0.3, 0.4) is 0 Å². The second-order valence-electron chi connectivity index (χ2n) is 5.81. The Hall–Kier alpha value is -2.17. The van der Waals surface area contributed by atoms with Crippen molar-refractivity contribution in [3.8, 4) is 0 Å². The van der Waals surface area contributed by atoms with Crippen LogP contribution in [0.2, 0.25) is 0 Å². The Balaban J connectivity index is 3.92. The molecule has 0 heterocycles. The molecule has 0 aliphatic carbocycles. The Kier molecular flexibility index (Phi) is 16.2. The number of aliphatic hydroxyl groups excluding tert-OH is 2. The summed E-state index contributed by atoms with van der Waals surface area (Å²) in [5.41, 5.74) is 0. The van der Waals surface area contributed by atoms with E-state index in [9.17, 15) is 15.0 Å². The fourth-order valence-corrected chi connectivity index (χ4v) is 1.87. The highest BCUT2D eigenvalue weighted by Gasteiger charge is 1.95. The summed E-state index contributed by atoms with van der Waals surface area (Å²) in [6, 6.07) is 0. The number of hydrogen-bond acceptors (Lipinski definition) is 3. The third-order valence-electron chi connectivity index (χ3n) is 3.29. The molecule has 2 atom stereocenters. The molecule has 0 bridgehead atoms. The molecule has 0 aromatic carbocycles. The smallest absolute Gasteiger partial charge is 0.303 e. The number of carboxylic acid groups (broad SMARTS) is 1. The van der Waals surface area contributed by atoms with Crippen LogP contribution in [0.25, 0.3) is 0 Å². The average molecular weight is 360 g/mol. The first kappa shape index (κ1) is 23.8. The van der Waals surface area contributed by atoms with E-state index in [4.69, 9.17) is 5.11 Å². The number of aliphatic hydroxyl groups is 2. The summed E-state index contributed by atoms with van der Waals surface area (Å²) in [5, 5.41) is 28.0.